The third kappa shape index (κ3) is 4.94. The van der Waals surface area contributed by atoms with Crippen molar-refractivity contribution >= 4 is 7.60 Å². The molecule has 0 radical (unpaired) electrons. The summed E-state index contributed by atoms with van der Waals surface area (Å²) in [6.07, 6.45) is 3.19. The van der Waals surface area contributed by atoms with Crippen molar-refractivity contribution in [2.75, 3.05) is 25.8 Å². The Morgan fingerprint density at radius 3 is 2.60 bits per heavy atom. The molecule has 4 nitrogen and oxygen atoms in total. The Kier molecular flexibility index (Phi) is 4.53. The summed E-state index contributed by atoms with van der Waals surface area (Å²) in [7, 11) is -3.83. The zero-order valence-corrected chi connectivity index (χ0v) is 10.3. The maximum absolute atomic E-state index is 10.7. The van der Waals surface area contributed by atoms with Crippen molar-refractivity contribution in [3.8, 4) is 0 Å². The molecule has 1 aliphatic heterocycles. The van der Waals surface area contributed by atoms with E-state index in [4.69, 9.17) is 9.79 Å². The topological polar surface area (TPSA) is 60.8 Å². The van der Waals surface area contributed by atoms with Gasteiger partial charge in [-0.15, -0.1) is 0 Å². The van der Waals surface area contributed by atoms with Crippen LogP contribution >= 0.6 is 7.60 Å². The normalized spacial score (nSPS) is 19.4. The lowest BCUT2D eigenvalue weighted by Gasteiger charge is -2.27. The standard InChI is InChI=1S/C10H20NO3P/c1-9(2)10-3-5-11(6-4-10)7-8-15(12,13)14/h3,9H,4-8H2,1-2H3,(H2,12,13,14). The maximum atomic E-state index is 10.7. The van der Waals surface area contributed by atoms with Crippen LogP contribution in [-0.4, -0.2) is 40.5 Å². The minimum Gasteiger partial charge on any atom is -0.324 e. The maximum Gasteiger partial charge on any atom is 0.326 e. The molecule has 0 saturated carbocycles. The van der Waals surface area contributed by atoms with Crippen LogP contribution in [0.1, 0.15) is 20.3 Å². The van der Waals surface area contributed by atoms with E-state index in [1.807, 2.05) is 0 Å². The van der Waals surface area contributed by atoms with Gasteiger partial charge in [-0.05, 0) is 12.3 Å². The summed E-state index contributed by atoms with van der Waals surface area (Å²) in [5, 5.41) is 0. The molecule has 0 spiro atoms. The predicted molar refractivity (Wildman–Crippen MR) is 60.9 cm³/mol. The van der Waals surface area contributed by atoms with E-state index >= 15 is 0 Å². The van der Waals surface area contributed by atoms with Gasteiger partial charge < -0.3 is 9.79 Å². The van der Waals surface area contributed by atoms with Gasteiger partial charge in [0.05, 0.1) is 6.16 Å². The average Bonchev–Trinajstić information content (AvgIpc) is 2.14. The molecular formula is C10H20NO3P. The van der Waals surface area contributed by atoms with Gasteiger partial charge >= 0.3 is 7.60 Å². The highest BCUT2D eigenvalue weighted by atomic mass is 31.2. The van der Waals surface area contributed by atoms with Crippen molar-refractivity contribution in [3.05, 3.63) is 11.6 Å². The van der Waals surface area contributed by atoms with Crippen LogP contribution in [0.2, 0.25) is 0 Å². The number of rotatable bonds is 4. The van der Waals surface area contributed by atoms with Crippen LogP contribution < -0.4 is 0 Å². The highest BCUT2D eigenvalue weighted by molar-refractivity contribution is 7.51. The second-order valence-corrected chi connectivity index (χ2v) is 6.15. The molecular weight excluding hydrogens is 213 g/mol. The first kappa shape index (κ1) is 12.9. The van der Waals surface area contributed by atoms with Crippen molar-refractivity contribution < 1.29 is 14.4 Å². The fourth-order valence-electron chi connectivity index (χ4n) is 1.73. The second-order valence-electron chi connectivity index (χ2n) is 4.37. The number of nitrogens with zero attached hydrogens (tertiary/aromatic N) is 1. The third-order valence-corrected chi connectivity index (χ3v) is 3.56. The largest absolute Gasteiger partial charge is 0.326 e. The fourth-order valence-corrected chi connectivity index (χ4v) is 2.27. The monoisotopic (exact) mass is 233 g/mol. The van der Waals surface area contributed by atoms with Gasteiger partial charge in [0.1, 0.15) is 0 Å². The molecule has 0 aromatic heterocycles. The lowest BCUT2D eigenvalue weighted by Crippen LogP contribution is -2.32. The second kappa shape index (κ2) is 5.26. The SMILES string of the molecule is CC(C)C1=CCN(CCP(=O)(O)O)CC1. The summed E-state index contributed by atoms with van der Waals surface area (Å²) in [4.78, 5) is 19.6. The molecule has 0 fully saturated rings. The van der Waals surface area contributed by atoms with Crippen LogP contribution in [0.3, 0.4) is 0 Å². The van der Waals surface area contributed by atoms with Gasteiger partial charge in [0.15, 0.2) is 0 Å². The van der Waals surface area contributed by atoms with E-state index in [9.17, 15) is 4.57 Å². The summed E-state index contributed by atoms with van der Waals surface area (Å²) in [6.45, 7) is 6.60. The quantitative estimate of drug-likeness (QED) is 0.570. The first-order valence-electron chi connectivity index (χ1n) is 5.34. The highest BCUT2D eigenvalue weighted by Gasteiger charge is 2.18. The van der Waals surface area contributed by atoms with E-state index in [1.165, 1.54) is 5.57 Å². The molecule has 88 valence electrons. The lowest BCUT2D eigenvalue weighted by molar-refractivity contribution is 0.293. The smallest absolute Gasteiger partial charge is 0.324 e. The van der Waals surface area contributed by atoms with Crippen LogP contribution in [0.25, 0.3) is 0 Å². The first-order valence-corrected chi connectivity index (χ1v) is 7.14. The lowest BCUT2D eigenvalue weighted by atomic mass is 9.97. The van der Waals surface area contributed by atoms with Gasteiger partial charge in [0.2, 0.25) is 0 Å². The van der Waals surface area contributed by atoms with Crippen LogP contribution in [0.15, 0.2) is 11.6 Å². The minimum absolute atomic E-state index is 0.0299. The van der Waals surface area contributed by atoms with E-state index < -0.39 is 7.60 Å². The first-order chi connectivity index (χ1) is 6.88. The average molecular weight is 233 g/mol. The van der Waals surface area contributed by atoms with Crippen LogP contribution in [0.4, 0.5) is 0 Å². The Morgan fingerprint density at radius 2 is 2.20 bits per heavy atom. The Hall–Kier alpha value is -0.150. The van der Waals surface area contributed by atoms with Crippen LogP contribution in [0.5, 0.6) is 0 Å². The molecule has 15 heavy (non-hydrogen) atoms. The predicted octanol–water partition coefficient (Wildman–Crippen LogP) is 1.45. The molecule has 0 unspecified atom stereocenters. The molecule has 0 bridgehead atoms. The molecule has 1 rings (SSSR count). The molecule has 1 aliphatic rings. The third-order valence-electron chi connectivity index (χ3n) is 2.78. The fraction of sp³-hybridized carbons (Fsp3) is 0.800. The van der Waals surface area contributed by atoms with Crippen LogP contribution in [-0.2, 0) is 4.57 Å². The van der Waals surface area contributed by atoms with E-state index in [0.717, 1.165) is 19.5 Å². The van der Waals surface area contributed by atoms with Gasteiger partial charge in [-0.25, -0.2) is 0 Å². The molecule has 0 atom stereocenters. The zero-order valence-electron chi connectivity index (χ0n) is 9.39. The van der Waals surface area contributed by atoms with Gasteiger partial charge in [-0.1, -0.05) is 25.5 Å². The van der Waals surface area contributed by atoms with Crippen molar-refractivity contribution in [3.63, 3.8) is 0 Å². The Balaban J connectivity index is 2.35. The summed E-state index contributed by atoms with van der Waals surface area (Å²) in [5.74, 6) is 0.592. The molecule has 0 aliphatic carbocycles. The minimum atomic E-state index is -3.83. The van der Waals surface area contributed by atoms with E-state index in [2.05, 4.69) is 24.8 Å². The van der Waals surface area contributed by atoms with Crippen molar-refractivity contribution in [1.29, 1.82) is 0 Å². The molecule has 0 aromatic carbocycles. The highest BCUT2D eigenvalue weighted by Crippen LogP contribution is 2.34. The Labute approximate surface area is 91.1 Å². The van der Waals surface area contributed by atoms with Crippen LogP contribution in [0, 0.1) is 5.92 Å². The number of hydrogen-bond acceptors (Lipinski definition) is 2. The summed E-state index contributed by atoms with van der Waals surface area (Å²) in [5.41, 5.74) is 1.46. The number of hydrogen-bond donors (Lipinski definition) is 2. The molecule has 5 heteroatoms. The Bertz CT molecular complexity index is 282. The van der Waals surface area contributed by atoms with Gasteiger partial charge in [-0.2, -0.15) is 0 Å². The molecule has 1 heterocycles. The van der Waals surface area contributed by atoms with E-state index in [-0.39, 0.29) is 6.16 Å². The van der Waals surface area contributed by atoms with Crippen molar-refractivity contribution in [2.24, 2.45) is 5.92 Å². The van der Waals surface area contributed by atoms with Gasteiger partial charge in [-0.3, -0.25) is 9.46 Å². The molecule has 2 N–H and O–H groups in total. The summed E-state index contributed by atoms with van der Waals surface area (Å²) < 4.78 is 10.7. The van der Waals surface area contributed by atoms with Crippen molar-refractivity contribution in [1.82, 2.24) is 4.90 Å². The van der Waals surface area contributed by atoms with Gasteiger partial charge in [0.25, 0.3) is 0 Å². The van der Waals surface area contributed by atoms with E-state index in [1.54, 1.807) is 0 Å². The molecule has 0 amide bonds. The van der Waals surface area contributed by atoms with Gasteiger partial charge in [0, 0.05) is 19.6 Å². The zero-order chi connectivity index (χ0) is 11.5. The summed E-state index contributed by atoms with van der Waals surface area (Å²) in [6, 6.07) is 0. The Morgan fingerprint density at radius 1 is 1.53 bits per heavy atom. The van der Waals surface area contributed by atoms with Crippen molar-refractivity contribution in [2.45, 2.75) is 20.3 Å². The molecule has 0 aromatic rings. The summed E-state index contributed by atoms with van der Waals surface area (Å²) >= 11 is 0. The van der Waals surface area contributed by atoms with E-state index in [0.29, 0.717) is 12.5 Å². The molecule has 0 saturated heterocycles.